The smallest absolute Gasteiger partial charge is 0.410 e. The van der Waals surface area contributed by atoms with Gasteiger partial charge in [0.2, 0.25) is 0 Å². The highest BCUT2D eigenvalue weighted by molar-refractivity contribution is 5.70. The Morgan fingerprint density at radius 2 is 1.93 bits per heavy atom. The molecule has 0 radical (unpaired) electrons. The van der Waals surface area contributed by atoms with Gasteiger partial charge in [-0.25, -0.2) is 4.79 Å². The van der Waals surface area contributed by atoms with Crippen LogP contribution in [0.4, 0.5) is 4.79 Å². The number of likely N-dealkylation sites (N-methyl/N-ethyl adjacent to an activating group) is 2. The number of nitrogens with zero attached hydrogens (tertiary/aromatic N) is 2. The molecular formula is C35H60N2O9. The fraction of sp³-hybridized carbons (Fsp3) is 0.771. The molecule has 1 fully saturated rings. The number of ether oxygens (including phenoxy) is 4. The number of hydrogen-bond acceptors (Lipinski definition) is 10. The Balaban J connectivity index is 2.26. The number of epoxide rings is 1. The van der Waals surface area contributed by atoms with Crippen molar-refractivity contribution in [1.82, 2.24) is 9.80 Å². The van der Waals surface area contributed by atoms with Crippen molar-refractivity contribution < 1.29 is 43.9 Å². The van der Waals surface area contributed by atoms with E-state index >= 15 is 0 Å². The van der Waals surface area contributed by atoms with Gasteiger partial charge >= 0.3 is 12.1 Å². The zero-order valence-electron chi connectivity index (χ0n) is 29.6. The average molecular weight is 653 g/mol. The van der Waals surface area contributed by atoms with Gasteiger partial charge < -0.3 is 44.1 Å². The van der Waals surface area contributed by atoms with Crippen LogP contribution >= 0.6 is 0 Å². The fourth-order valence-electron chi connectivity index (χ4n) is 5.65. The molecule has 0 saturated carbocycles. The lowest BCUT2D eigenvalue weighted by Crippen LogP contribution is -2.46. The van der Waals surface area contributed by atoms with E-state index in [1.807, 2.05) is 59.7 Å². The molecule has 264 valence electrons. The van der Waals surface area contributed by atoms with Gasteiger partial charge in [-0.2, -0.15) is 0 Å². The number of rotatable bonds is 13. The minimum Gasteiger partial charge on any atom is -0.457 e. The standard InChI is InChI=1S/C35H60N2O9/c1-11-27(39)25(4)32-28(44-32)22-34(5,42)17-12-13-23(2)31-24(3)14-15-29(45-33(41)37(9)20-19-36(7)8)35(6,43-10)18-16-26(38)21-30(40)46-31/h12-15,17,24-29,31-32,38-39,42H,11,16,18-22H2,1-10H3/b15-14+,17-12+,23-13+/t24?,25?,26?,27?,28?,29-,31+,32?,34?,35?/m0/s1. The van der Waals surface area contributed by atoms with Crippen LogP contribution in [-0.4, -0.2) is 126 Å². The summed E-state index contributed by atoms with van der Waals surface area (Å²) < 4.78 is 23.5. The summed E-state index contributed by atoms with van der Waals surface area (Å²) >= 11 is 0. The van der Waals surface area contributed by atoms with E-state index in [-0.39, 0.29) is 36.9 Å². The van der Waals surface area contributed by atoms with Crippen molar-refractivity contribution >= 4 is 12.1 Å². The fourth-order valence-corrected chi connectivity index (χ4v) is 5.65. The number of cyclic esters (lactones) is 1. The van der Waals surface area contributed by atoms with Crippen molar-refractivity contribution in [2.75, 3.05) is 41.3 Å². The molecule has 2 heterocycles. The molecule has 0 spiro atoms. The minimum atomic E-state index is -1.15. The number of aliphatic hydroxyl groups excluding tert-OH is 2. The highest BCUT2D eigenvalue weighted by atomic mass is 16.6. The summed E-state index contributed by atoms with van der Waals surface area (Å²) in [5, 5.41) is 31.8. The second-order valence-electron chi connectivity index (χ2n) is 13.9. The summed E-state index contributed by atoms with van der Waals surface area (Å²) in [6, 6.07) is 0. The van der Waals surface area contributed by atoms with Crippen molar-refractivity contribution in [3.8, 4) is 0 Å². The van der Waals surface area contributed by atoms with Crippen LogP contribution in [0.1, 0.15) is 73.6 Å². The molecule has 10 atom stereocenters. The van der Waals surface area contributed by atoms with Gasteiger partial charge in [-0.1, -0.05) is 45.1 Å². The summed E-state index contributed by atoms with van der Waals surface area (Å²) in [6.45, 7) is 12.3. The number of allylic oxidation sites excluding steroid dienone is 2. The topological polar surface area (TPSA) is 142 Å². The SMILES string of the molecule is CCC(O)C(C)C1OC1CC(C)(O)/C=C/C=C(\C)[C@H]1OC(=O)CC(O)CCC(C)(OC)[C@@H](OC(=O)N(C)CCN(C)C)/C=C/C1C. The Bertz CT molecular complexity index is 1070. The van der Waals surface area contributed by atoms with Gasteiger partial charge in [-0.3, -0.25) is 4.79 Å². The van der Waals surface area contributed by atoms with Gasteiger partial charge in [0.15, 0.2) is 6.10 Å². The molecule has 0 aliphatic carbocycles. The van der Waals surface area contributed by atoms with Gasteiger partial charge in [0.1, 0.15) is 11.7 Å². The van der Waals surface area contributed by atoms with Gasteiger partial charge in [-0.05, 0) is 65.8 Å². The Hall–Kier alpha value is -2.28. The minimum absolute atomic E-state index is 0.00498. The van der Waals surface area contributed by atoms with Gasteiger partial charge in [0.05, 0.1) is 36.4 Å². The van der Waals surface area contributed by atoms with Crippen LogP contribution in [-0.2, 0) is 23.7 Å². The molecule has 1 amide bonds. The number of carbonyl (C=O) groups is 2. The number of carbonyl (C=O) groups excluding carboxylic acids is 2. The van der Waals surface area contributed by atoms with E-state index in [9.17, 15) is 24.9 Å². The van der Waals surface area contributed by atoms with E-state index in [0.717, 1.165) is 5.57 Å². The first-order valence-corrected chi connectivity index (χ1v) is 16.5. The summed E-state index contributed by atoms with van der Waals surface area (Å²) in [4.78, 5) is 29.4. The number of methoxy groups -OCH3 is 1. The molecule has 0 aromatic carbocycles. The monoisotopic (exact) mass is 652 g/mol. The molecule has 11 nitrogen and oxygen atoms in total. The Morgan fingerprint density at radius 3 is 2.54 bits per heavy atom. The van der Waals surface area contributed by atoms with Crippen LogP contribution in [0.3, 0.4) is 0 Å². The van der Waals surface area contributed by atoms with E-state index in [2.05, 4.69) is 0 Å². The zero-order valence-corrected chi connectivity index (χ0v) is 29.6. The Morgan fingerprint density at radius 1 is 1.26 bits per heavy atom. The molecule has 3 N–H and O–H groups in total. The first kappa shape index (κ1) is 39.9. The second kappa shape index (κ2) is 17.8. The first-order chi connectivity index (χ1) is 21.4. The third kappa shape index (κ3) is 12.4. The average Bonchev–Trinajstić information content (AvgIpc) is 3.75. The summed E-state index contributed by atoms with van der Waals surface area (Å²) in [5.74, 6) is -0.854. The van der Waals surface area contributed by atoms with E-state index in [0.29, 0.717) is 32.4 Å². The van der Waals surface area contributed by atoms with Gasteiger partial charge in [0, 0.05) is 45.5 Å². The van der Waals surface area contributed by atoms with Crippen LogP contribution in [0.25, 0.3) is 0 Å². The highest BCUT2D eigenvalue weighted by Gasteiger charge is 2.47. The van der Waals surface area contributed by atoms with Crippen LogP contribution in [0.5, 0.6) is 0 Å². The van der Waals surface area contributed by atoms with Crippen molar-refractivity contribution in [1.29, 1.82) is 0 Å². The lowest BCUT2D eigenvalue weighted by molar-refractivity contribution is -0.151. The van der Waals surface area contributed by atoms with E-state index < -0.39 is 47.7 Å². The van der Waals surface area contributed by atoms with Crippen LogP contribution in [0.2, 0.25) is 0 Å². The van der Waals surface area contributed by atoms with Crippen LogP contribution in [0, 0.1) is 11.8 Å². The maximum absolute atomic E-state index is 13.0. The normalized spacial score (nSPS) is 32.9. The zero-order chi connectivity index (χ0) is 34.8. The summed E-state index contributed by atoms with van der Waals surface area (Å²) in [7, 11) is 7.09. The third-order valence-electron chi connectivity index (χ3n) is 9.23. The molecule has 0 aromatic rings. The van der Waals surface area contributed by atoms with E-state index in [1.165, 1.54) is 4.90 Å². The molecular weight excluding hydrogens is 592 g/mol. The van der Waals surface area contributed by atoms with Gasteiger partial charge in [0.25, 0.3) is 0 Å². The van der Waals surface area contributed by atoms with Crippen LogP contribution < -0.4 is 0 Å². The molecule has 1 saturated heterocycles. The molecule has 0 bridgehead atoms. The van der Waals surface area contributed by atoms with Crippen molar-refractivity contribution in [2.45, 2.75) is 121 Å². The summed E-state index contributed by atoms with van der Waals surface area (Å²) in [6.07, 6.45) is 6.75. The molecule has 8 unspecified atom stereocenters. The number of amides is 1. The molecule has 11 heteroatoms. The van der Waals surface area contributed by atoms with Crippen molar-refractivity contribution in [2.24, 2.45) is 11.8 Å². The summed E-state index contributed by atoms with van der Waals surface area (Å²) in [5.41, 5.74) is -1.37. The quantitative estimate of drug-likeness (QED) is 0.116. The predicted molar refractivity (Wildman–Crippen MR) is 177 cm³/mol. The highest BCUT2D eigenvalue weighted by Crippen LogP contribution is 2.37. The van der Waals surface area contributed by atoms with Crippen molar-refractivity contribution in [3.05, 3.63) is 36.0 Å². The number of hydrogen-bond donors (Lipinski definition) is 3. The molecule has 2 aliphatic rings. The number of aliphatic hydroxyl groups is 3. The molecule has 0 aromatic heterocycles. The third-order valence-corrected chi connectivity index (χ3v) is 9.23. The first-order valence-electron chi connectivity index (χ1n) is 16.5. The van der Waals surface area contributed by atoms with E-state index in [4.69, 9.17) is 18.9 Å². The number of esters is 1. The predicted octanol–water partition coefficient (Wildman–Crippen LogP) is 3.86. The van der Waals surface area contributed by atoms with Crippen molar-refractivity contribution in [3.63, 3.8) is 0 Å². The maximum Gasteiger partial charge on any atom is 0.410 e. The van der Waals surface area contributed by atoms with Crippen LogP contribution in [0.15, 0.2) is 36.0 Å². The lowest BCUT2D eigenvalue weighted by atomic mass is 9.88. The largest absolute Gasteiger partial charge is 0.457 e. The Labute approximate surface area is 276 Å². The van der Waals surface area contributed by atoms with Gasteiger partial charge in [-0.15, -0.1) is 0 Å². The molecule has 2 rings (SSSR count). The second-order valence-corrected chi connectivity index (χ2v) is 13.9. The molecule has 46 heavy (non-hydrogen) atoms. The van der Waals surface area contributed by atoms with E-state index in [1.54, 1.807) is 45.4 Å². The molecule has 2 aliphatic heterocycles. The Kier molecular flexibility index (Phi) is 15.4. The lowest BCUT2D eigenvalue weighted by Gasteiger charge is -2.36. The maximum atomic E-state index is 13.0.